The molecule has 0 saturated heterocycles. The Balaban J connectivity index is 4.05. The first-order valence-electron chi connectivity index (χ1n) is 3.75. The van der Waals surface area contributed by atoms with Crippen LogP contribution in [0.25, 0.3) is 0 Å². The average molecular weight is 197 g/mol. The Bertz CT molecular complexity index is 190. The highest BCUT2D eigenvalue weighted by molar-refractivity contribution is 5.78. The summed E-state index contributed by atoms with van der Waals surface area (Å²) in [5.41, 5.74) is 4.83. The number of rotatable bonds is 1. The molecule has 0 radical (unpaired) electrons. The molecule has 0 bridgehead atoms. The van der Waals surface area contributed by atoms with E-state index in [1.165, 1.54) is 0 Å². The molecule has 0 heterocycles. The smallest absolute Gasteiger partial charge is 0.370 e. The standard InChI is InChI=1S/C7H14F3N3/c1-6(2,3)13-5(11)12-4-7(8,9)10/h4H2,1-3H3,(H3,11,12,13). The number of nitrogens with zero attached hydrogens (tertiary/aromatic N) is 1. The van der Waals surface area contributed by atoms with E-state index in [1.54, 1.807) is 20.8 Å². The van der Waals surface area contributed by atoms with Gasteiger partial charge in [0, 0.05) is 5.54 Å². The Hall–Kier alpha value is -0.940. The first-order chi connectivity index (χ1) is 5.60. The van der Waals surface area contributed by atoms with E-state index in [0.29, 0.717) is 0 Å². The number of hydrogen-bond acceptors (Lipinski definition) is 1. The maximum Gasteiger partial charge on any atom is 0.408 e. The predicted molar refractivity (Wildman–Crippen MR) is 45.4 cm³/mol. The Morgan fingerprint density at radius 3 is 2.08 bits per heavy atom. The van der Waals surface area contributed by atoms with Gasteiger partial charge in [-0.1, -0.05) is 0 Å². The molecule has 0 unspecified atom stereocenters. The van der Waals surface area contributed by atoms with Crippen LogP contribution in [-0.2, 0) is 0 Å². The van der Waals surface area contributed by atoms with Gasteiger partial charge in [0.05, 0.1) is 0 Å². The van der Waals surface area contributed by atoms with Crippen LogP contribution in [0.3, 0.4) is 0 Å². The summed E-state index contributed by atoms with van der Waals surface area (Å²) in [6.45, 7) is 4.09. The van der Waals surface area contributed by atoms with Crippen molar-refractivity contribution in [2.45, 2.75) is 32.5 Å². The lowest BCUT2D eigenvalue weighted by molar-refractivity contribution is -0.118. The van der Waals surface area contributed by atoms with Gasteiger partial charge < -0.3 is 11.1 Å². The average Bonchev–Trinajstić information content (AvgIpc) is 1.78. The monoisotopic (exact) mass is 197 g/mol. The molecule has 0 spiro atoms. The zero-order valence-corrected chi connectivity index (χ0v) is 7.87. The zero-order valence-electron chi connectivity index (χ0n) is 7.87. The van der Waals surface area contributed by atoms with Crippen LogP contribution in [0.5, 0.6) is 0 Å². The van der Waals surface area contributed by atoms with Gasteiger partial charge in [-0.3, -0.25) is 0 Å². The largest absolute Gasteiger partial charge is 0.408 e. The Morgan fingerprint density at radius 1 is 1.31 bits per heavy atom. The van der Waals surface area contributed by atoms with Gasteiger partial charge in [-0.05, 0) is 20.8 Å². The Kier molecular flexibility index (Phi) is 3.57. The maximum absolute atomic E-state index is 11.7. The minimum absolute atomic E-state index is 0.190. The van der Waals surface area contributed by atoms with Gasteiger partial charge in [0.25, 0.3) is 0 Å². The van der Waals surface area contributed by atoms with E-state index >= 15 is 0 Å². The van der Waals surface area contributed by atoms with Crippen LogP contribution in [0, 0.1) is 0 Å². The number of aliphatic imine (C=N–C) groups is 1. The third kappa shape index (κ3) is 8.97. The lowest BCUT2D eigenvalue weighted by Gasteiger charge is -2.21. The van der Waals surface area contributed by atoms with Crippen LogP contribution in [0.1, 0.15) is 20.8 Å². The topological polar surface area (TPSA) is 50.4 Å². The predicted octanol–water partition coefficient (Wildman–Crippen LogP) is 1.25. The number of alkyl halides is 3. The first-order valence-corrected chi connectivity index (χ1v) is 3.75. The molecule has 0 amide bonds. The maximum atomic E-state index is 11.7. The second-order valence-electron chi connectivity index (χ2n) is 3.69. The molecule has 0 aromatic rings. The molecule has 0 atom stereocenters. The lowest BCUT2D eigenvalue weighted by Crippen LogP contribution is -2.45. The van der Waals surface area contributed by atoms with E-state index in [4.69, 9.17) is 5.73 Å². The number of nitrogens with two attached hydrogens (primary N) is 1. The molecule has 0 fully saturated rings. The molecule has 3 N–H and O–H groups in total. The molecule has 0 rings (SSSR count). The molecule has 6 heteroatoms. The summed E-state index contributed by atoms with van der Waals surface area (Å²) in [7, 11) is 0. The van der Waals surface area contributed by atoms with Crippen molar-refractivity contribution in [3.8, 4) is 0 Å². The molecule has 0 saturated carbocycles. The van der Waals surface area contributed by atoms with E-state index in [2.05, 4.69) is 10.3 Å². The summed E-state index contributed by atoms with van der Waals surface area (Å²) in [5.74, 6) is -0.190. The molecule has 0 aliphatic rings. The highest BCUT2D eigenvalue weighted by Crippen LogP contribution is 2.14. The number of hydrogen-bond donors (Lipinski definition) is 2. The van der Waals surface area contributed by atoms with Crippen LogP contribution in [0.4, 0.5) is 13.2 Å². The fourth-order valence-corrected chi connectivity index (χ4v) is 0.599. The van der Waals surface area contributed by atoms with Crippen molar-refractivity contribution < 1.29 is 13.2 Å². The van der Waals surface area contributed by atoms with Crippen molar-refractivity contribution in [3.63, 3.8) is 0 Å². The fourth-order valence-electron chi connectivity index (χ4n) is 0.599. The third-order valence-electron chi connectivity index (χ3n) is 0.932. The quantitative estimate of drug-likeness (QED) is 0.491. The van der Waals surface area contributed by atoms with Crippen molar-refractivity contribution in [3.05, 3.63) is 0 Å². The van der Waals surface area contributed by atoms with Crippen molar-refractivity contribution in [1.29, 1.82) is 0 Å². The van der Waals surface area contributed by atoms with Gasteiger partial charge in [0.2, 0.25) is 0 Å². The summed E-state index contributed by atoms with van der Waals surface area (Å²) >= 11 is 0. The zero-order chi connectivity index (χ0) is 10.7. The molecule has 0 aromatic carbocycles. The highest BCUT2D eigenvalue weighted by atomic mass is 19.4. The number of nitrogens with one attached hydrogen (secondary N) is 1. The van der Waals surface area contributed by atoms with Crippen LogP contribution < -0.4 is 11.1 Å². The van der Waals surface area contributed by atoms with E-state index in [1.807, 2.05) is 0 Å². The number of guanidine groups is 1. The van der Waals surface area contributed by atoms with Crippen LogP contribution in [-0.4, -0.2) is 24.2 Å². The summed E-state index contributed by atoms with van der Waals surface area (Å²) in [4.78, 5) is 3.14. The normalized spacial score (nSPS) is 14.5. The highest BCUT2D eigenvalue weighted by Gasteiger charge is 2.26. The summed E-state index contributed by atoms with van der Waals surface area (Å²) in [6, 6.07) is 0. The Labute approximate surface area is 75.2 Å². The van der Waals surface area contributed by atoms with Crippen molar-refractivity contribution in [2.24, 2.45) is 10.7 Å². The molecule has 0 aromatic heterocycles. The van der Waals surface area contributed by atoms with E-state index in [0.717, 1.165) is 0 Å². The third-order valence-corrected chi connectivity index (χ3v) is 0.932. The van der Waals surface area contributed by atoms with E-state index in [-0.39, 0.29) is 11.5 Å². The van der Waals surface area contributed by atoms with Crippen molar-refractivity contribution >= 4 is 5.96 Å². The van der Waals surface area contributed by atoms with Gasteiger partial charge in [-0.2, -0.15) is 13.2 Å². The van der Waals surface area contributed by atoms with E-state index in [9.17, 15) is 13.2 Å². The lowest BCUT2D eigenvalue weighted by atomic mass is 10.1. The van der Waals surface area contributed by atoms with Crippen molar-refractivity contribution in [1.82, 2.24) is 5.32 Å². The minimum atomic E-state index is -4.30. The molecule has 0 aliphatic carbocycles. The molecule has 78 valence electrons. The van der Waals surface area contributed by atoms with Gasteiger partial charge in [-0.15, -0.1) is 0 Å². The fraction of sp³-hybridized carbons (Fsp3) is 0.857. The van der Waals surface area contributed by atoms with Crippen molar-refractivity contribution in [2.75, 3.05) is 6.54 Å². The van der Waals surface area contributed by atoms with Gasteiger partial charge in [0.1, 0.15) is 6.54 Å². The second-order valence-corrected chi connectivity index (χ2v) is 3.69. The minimum Gasteiger partial charge on any atom is -0.370 e. The molecule has 0 aliphatic heterocycles. The van der Waals surface area contributed by atoms with Gasteiger partial charge in [-0.25, -0.2) is 4.99 Å². The molecule has 3 nitrogen and oxygen atoms in total. The number of halogens is 3. The SMILES string of the molecule is CC(C)(C)NC(N)=NCC(F)(F)F. The summed E-state index contributed by atoms with van der Waals surface area (Å²) in [5, 5.41) is 2.62. The van der Waals surface area contributed by atoms with Gasteiger partial charge >= 0.3 is 6.18 Å². The Morgan fingerprint density at radius 2 is 1.77 bits per heavy atom. The van der Waals surface area contributed by atoms with Crippen LogP contribution >= 0.6 is 0 Å². The first kappa shape index (κ1) is 12.1. The second kappa shape index (κ2) is 3.85. The summed E-state index contributed by atoms with van der Waals surface area (Å²) < 4.78 is 35.0. The van der Waals surface area contributed by atoms with E-state index < -0.39 is 12.7 Å². The molecule has 13 heavy (non-hydrogen) atoms. The van der Waals surface area contributed by atoms with Gasteiger partial charge in [0.15, 0.2) is 5.96 Å². The molecular formula is C7H14F3N3. The summed E-state index contributed by atoms with van der Waals surface area (Å²) in [6.07, 6.45) is -4.30. The molecular weight excluding hydrogens is 183 g/mol. The van der Waals surface area contributed by atoms with Crippen LogP contribution in [0.15, 0.2) is 4.99 Å². The van der Waals surface area contributed by atoms with Crippen LogP contribution in [0.2, 0.25) is 0 Å².